The van der Waals surface area contributed by atoms with Gasteiger partial charge in [0.25, 0.3) is 11.6 Å². The predicted octanol–water partition coefficient (Wildman–Crippen LogP) is 5.44. The van der Waals surface area contributed by atoms with Crippen molar-refractivity contribution < 1.29 is 9.72 Å². The zero-order chi connectivity index (χ0) is 21.4. The van der Waals surface area contributed by atoms with Crippen molar-refractivity contribution in [1.82, 2.24) is 4.90 Å². The van der Waals surface area contributed by atoms with Crippen molar-refractivity contribution in [3.05, 3.63) is 81.4 Å². The number of non-ortho nitro benzene ring substituents is 1. The largest absolute Gasteiger partial charge is 0.377 e. The van der Waals surface area contributed by atoms with Gasteiger partial charge in [0.05, 0.1) is 22.2 Å². The molecule has 0 aromatic heterocycles. The number of nitrogens with one attached hydrogen (secondary N) is 1. The van der Waals surface area contributed by atoms with Crippen molar-refractivity contribution >= 4 is 17.3 Å². The van der Waals surface area contributed by atoms with E-state index >= 15 is 0 Å². The number of nitrogens with zero attached hydrogens (tertiary/aromatic N) is 2. The second-order valence-corrected chi connectivity index (χ2v) is 8.80. The minimum atomic E-state index is -0.370. The van der Waals surface area contributed by atoms with Gasteiger partial charge < -0.3 is 10.2 Å². The minimum absolute atomic E-state index is 0.00591. The molecule has 6 heteroatoms. The van der Waals surface area contributed by atoms with Crippen LogP contribution in [-0.4, -0.2) is 28.8 Å². The molecule has 3 aliphatic rings. The lowest BCUT2D eigenvalue weighted by Crippen LogP contribution is -2.35. The van der Waals surface area contributed by atoms with Crippen molar-refractivity contribution in [2.75, 3.05) is 18.4 Å². The second-order valence-electron chi connectivity index (χ2n) is 8.80. The van der Waals surface area contributed by atoms with Gasteiger partial charge in [-0.1, -0.05) is 49.3 Å². The molecule has 5 rings (SSSR count). The van der Waals surface area contributed by atoms with Gasteiger partial charge in [0, 0.05) is 31.1 Å². The van der Waals surface area contributed by atoms with Crippen molar-refractivity contribution in [2.45, 2.75) is 44.1 Å². The number of hydrogen-bond acceptors (Lipinski definition) is 4. The van der Waals surface area contributed by atoms with Crippen LogP contribution in [0.5, 0.6) is 0 Å². The van der Waals surface area contributed by atoms with Crippen molar-refractivity contribution in [2.24, 2.45) is 5.92 Å². The number of anilines is 1. The summed E-state index contributed by atoms with van der Waals surface area (Å²) >= 11 is 0. The van der Waals surface area contributed by atoms with Crippen LogP contribution >= 0.6 is 0 Å². The van der Waals surface area contributed by atoms with Crippen LogP contribution in [0.1, 0.15) is 65.5 Å². The third-order valence-electron chi connectivity index (χ3n) is 6.98. The smallest absolute Gasteiger partial charge is 0.269 e. The number of nitro benzene ring substituents is 1. The van der Waals surface area contributed by atoms with Gasteiger partial charge in [-0.3, -0.25) is 14.9 Å². The Balaban J connectivity index is 1.51. The van der Waals surface area contributed by atoms with Crippen LogP contribution in [0.25, 0.3) is 0 Å². The van der Waals surface area contributed by atoms with E-state index < -0.39 is 0 Å². The van der Waals surface area contributed by atoms with Gasteiger partial charge in [-0.2, -0.15) is 0 Å². The number of allylic oxidation sites excluding steroid dienone is 2. The normalized spacial score (nSPS) is 24.6. The minimum Gasteiger partial charge on any atom is -0.377 e. The van der Waals surface area contributed by atoms with Gasteiger partial charge in [0.2, 0.25) is 0 Å². The molecule has 1 saturated heterocycles. The fourth-order valence-corrected chi connectivity index (χ4v) is 5.38. The van der Waals surface area contributed by atoms with E-state index in [0.29, 0.717) is 5.92 Å². The highest BCUT2D eigenvalue weighted by Crippen LogP contribution is 2.50. The number of hydrogen-bond donors (Lipinski definition) is 1. The van der Waals surface area contributed by atoms with Gasteiger partial charge in [-0.25, -0.2) is 0 Å². The number of carbonyl (C=O) groups excluding carboxylic acids is 1. The van der Waals surface area contributed by atoms with E-state index in [9.17, 15) is 14.9 Å². The van der Waals surface area contributed by atoms with E-state index in [1.54, 1.807) is 12.1 Å². The summed E-state index contributed by atoms with van der Waals surface area (Å²) in [6.45, 7) is 1.64. The zero-order valence-electron chi connectivity index (χ0n) is 17.5. The molecule has 0 saturated carbocycles. The highest BCUT2D eigenvalue weighted by atomic mass is 16.6. The molecule has 0 radical (unpaired) electrons. The van der Waals surface area contributed by atoms with Gasteiger partial charge >= 0.3 is 0 Å². The SMILES string of the molecule is O=C(c1cccc2c1NC(c1ccc([N+](=O)[O-])cc1)C1CC=CC21)N1CCCCCC1. The van der Waals surface area contributed by atoms with Crippen LogP contribution in [0.15, 0.2) is 54.6 Å². The summed E-state index contributed by atoms with van der Waals surface area (Å²) in [6, 6.07) is 12.9. The van der Waals surface area contributed by atoms with Crippen molar-refractivity contribution in [3.63, 3.8) is 0 Å². The molecule has 1 amide bonds. The number of para-hydroxylation sites is 1. The fourth-order valence-electron chi connectivity index (χ4n) is 5.38. The molecule has 160 valence electrons. The highest BCUT2D eigenvalue weighted by molar-refractivity contribution is 6.00. The van der Waals surface area contributed by atoms with Crippen molar-refractivity contribution in [1.29, 1.82) is 0 Å². The summed E-state index contributed by atoms with van der Waals surface area (Å²) in [5.74, 6) is 0.681. The standard InChI is InChI=1S/C25H27N3O3/c29-25(27-15-3-1-2-4-16-27)22-10-6-9-21-19-7-5-8-20(19)23(26-24(21)22)17-11-13-18(14-12-17)28(30)31/h5-7,9-14,19-20,23,26H,1-4,8,15-16H2. The molecular formula is C25H27N3O3. The monoisotopic (exact) mass is 417 g/mol. The molecule has 1 fully saturated rings. The Kier molecular flexibility index (Phi) is 5.22. The molecule has 1 N–H and O–H groups in total. The van der Waals surface area contributed by atoms with Crippen LogP contribution in [0.2, 0.25) is 0 Å². The Morgan fingerprint density at radius 3 is 2.48 bits per heavy atom. The Labute approximate surface area is 182 Å². The summed E-state index contributed by atoms with van der Waals surface area (Å²) in [5.41, 5.74) is 3.96. The van der Waals surface area contributed by atoms with Gasteiger partial charge in [-0.15, -0.1) is 0 Å². The Bertz CT molecular complexity index is 1020. The van der Waals surface area contributed by atoms with Crippen LogP contribution in [0.3, 0.4) is 0 Å². The van der Waals surface area contributed by atoms with Gasteiger partial charge in [0.15, 0.2) is 0 Å². The zero-order valence-corrected chi connectivity index (χ0v) is 17.5. The number of nitro groups is 1. The Hall–Kier alpha value is -3.15. The van der Waals surface area contributed by atoms with E-state index in [0.717, 1.165) is 49.2 Å². The quantitative estimate of drug-likeness (QED) is 0.410. The third-order valence-corrected chi connectivity index (χ3v) is 6.98. The van der Waals surface area contributed by atoms with Crippen molar-refractivity contribution in [3.8, 4) is 0 Å². The number of fused-ring (bicyclic) bond motifs is 3. The average molecular weight is 418 g/mol. The summed E-state index contributed by atoms with van der Waals surface area (Å²) in [5, 5.41) is 14.7. The van der Waals surface area contributed by atoms with Gasteiger partial charge in [0.1, 0.15) is 0 Å². The van der Waals surface area contributed by atoms with E-state index in [-0.39, 0.29) is 28.5 Å². The third kappa shape index (κ3) is 3.60. The number of likely N-dealkylation sites (tertiary alicyclic amines) is 1. The molecule has 3 unspecified atom stereocenters. The highest BCUT2D eigenvalue weighted by Gasteiger charge is 2.39. The summed E-state index contributed by atoms with van der Waals surface area (Å²) < 4.78 is 0. The molecule has 2 aromatic rings. The molecule has 6 nitrogen and oxygen atoms in total. The first-order valence-electron chi connectivity index (χ1n) is 11.2. The second kappa shape index (κ2) is 8.17. The summed E-state index contributed by atoms with van der Waals surface area (Å²) in [4.78, 5) is 26.2. The molecule has 3 atom stereocenters. The van der Waals surface area contributed by atoms with Crippen LogP contribution in [-0.2, 0) is 0 Å². The molecule has 2 aliphatic heterocycles. The lowest BCUT2D eigenvalue weighted by molar-refractivity contribution is -0.384. The molecule has 31 heavy (non-hydrogen) atoms. The van der Waals surface area contributed by atoms with E-state index in [1.807, 2.05) is 29.2 Å². The molecular weight excluding hydrogens is 390 g/mol. The van der Waals surface area contributed by atoms with E-state index in [4.69, 9.17) is 0 Å². The number of benzene rings is 2. The first-order valence-corrected chi connectivity index (χ1v) is 11.2. The van der Waals surface area contributed by atoms with E-state index in [1.165, 1.54) is 18.4 Å². The van der Waals surface area contributed by atoms with Crippen LogP contribution < -0.4 is 5.32 Å². The number of carbonyl (C=O) groups is 1. The average Bonchev–Trinajstić information content (AvgIpc) is 3.13. The molecule has 0 spiro atoms. The number of amides is 1. The number of rotatable bonds is 3. The maximum absolute atomic E-state index is 13.5. The topological polar surface area (TPSA) is 75.5 Å². The van der Waals surface area contributed by atoms with Gasteiger partial charge in [-0.05, 0) is 42.4 Å². The molecule has 2 aromatic carbocycles. The van der Waals surface area contributed by atoms with Crippen LogP contribution in [0.4, 0.5) is 11.4 Å². The Morgan fingerprint density at radius 1 is 1.03 bits per heavy atom. The molecule has 1 aliphatic carbocycles. The molecule has 2 heterocycles. The lowest BCUT2D eigenvalue weighted by atomic mass is 9.76. The summed E-state index contributed by atoms with van der Waals surface area (Å²) in [6.07, 6.45) is 9.91. The lowest BCUT2D eigenvalue weighted by Gasteiger charge is -2.38. The van der Waals surface area contributed by atoms with E-state index in [2.05, 4.69) is 23.5 Å². The Morgan fingerprint density at radius 2 is 1.77 bits per heavy atom. The summed E-state index contributed by atoms with van der Waals surface area (Å²) in [7, 11) is 0. The fraction of sp³-hybridized carbons (Fsp3) is 0.400. The maximum atomic E-state index is 13.5. The first kappa shape index (κ1) is 19.8. The predicted molar refractivity (Wildman–Crippen MR) is 120 cm³/mol. The maximum Gasteiger partial charge on any atom is 0.269 e. The first-order chi connectivity index (χ1) is 15.1. The van der Waals surface area contributed by atoms with Crippen LogP contribution in [0, 0.1) is 16.0 Å². The molecule has 0 bridgehead atoms.